The van der Waals surface area contributed by atoms with E-state index in [1.165, 1.54) is 0 Å². The fourth-order valence-corrected chi connectivity index (χ4v) is 3.46. The van der Waals surface area contributed by atoms with E-state index in [9.17, 15) is 10.2 Å². The van der Waals surface area contributed by atoms with E-state index in [4.69, 9.17) is 20.2 Å². The highest BCUT2D eigenvalue weighted by Crippen LogP contribution is 2.32. The number of aliphatic hydroxyl groups is 2. The number of fused-ring (bicyclic) bond motifs is 1. The number of ether oxygens (including phenoxy) is 2. The Morgan fingerprint density at radius 2 is 1.85 bits per heavy atom. The van der Waals surface area contributed by atoms with Crippen LogP contribution in [0.5, 0.6) is 5.88 Å². The predicted molar refractivity (Wildman–Crippen MR) is 122 cm³/mol. The third-order valence-corrected chi connectivity index (χ3v) is 5.12. The van der Waals surface area contributed by atoms with Gasteiger partial charge in [-0.05, 0) is 31.5 Å². The Bertz CT molecular complexity index is 1200. The summed E-state index contributed by atoms with van der Waals surface area (Å²) in [4.78, 5) is 17.6. The van der Waals surface area contributed by atoms with Crippen LogP contribution in [0.3, 0.4) is 0 Å². The normalized spacial score (nSPS) is 14.2. The third-order valence-electron chi connectivity index (χ3n) is 5.12. The van der Waals surface area contributed by atoms with Crippen molar-refractivity contribution in [3.63, 3.8) is 0 Å². The number of aromatic nitrogens is 5. The van der Waals surface area contributed by atoms with Crippen molar-refractivity contribution in [3.8, 4) is 17.3 Å². The second kappa shape index (κ2) is 9.90. The van der Waals surface area contributed by atoms with Crippen molar-refractivity contribution in [2.24, 2.45) is 0 Å². The molecule has 0 spiro atoms. The molecule has 0 amide bonds. The van der Waals surface area contributed by atoms with Gasteiger partial charge in [-0.25, -0.2) is 4.98 Å². The van der Waals surface area contributed by atoms with Crippen molar-refractivity contribution in [1.29, 1.82) is 0 Å². The molecule has 4 N–H and O–H groups in total. The van der Waals surface area contributed by atoms with Crippen LogP contribution >= 0.6 is 0 Å². The minimum Gasteiger partial charge on any atom is -0.471 e. The summed E-state index contributed by atoms with van der Waals surface area (Å²) in [5, 5.41) is 19.6. The van der Waals surface area contributed by atoms with Gasteiger partial charge in [-0.15, -0.1) is 0 Å². The van der Waals surface area contributed by atoms with Crippen LogP contribution in [0, 0.1) is 0 Å². The monoisotopic (exact) mass is 450 g/mol. The maximum Gasteiger partial charge on any atom is 0.247 e. The minimum absolute atomic E-state index is 0.0193. The largest absolute Gasteiger partial charge is 0.471 e. The smallest absolute Gasteiger partial charge is 0.247 e. The fourth-order valence-electron chi connectivity index (χ4n) is 3.46. The van der Waals surface area contributed by atoms with Crippen LogP contribution in [0.2, 0.25) is 0 Å². The number of imidazole rings is 1. The molecule has 4 aromatic rings. The first-order valence-electron chi connectivity index (χ1n) is 10.5. The average Bonchev–Trinajstić information content (AvgIpc) is 3.21. The van der Waals surface area contributed by atoms with Gasteiger partial charge in [-0.1, -0.05) is 30.3 Å². The summed E-state index contributed by atoms with van der Waals surface area (Å²) in [6.45, 7) is 3.26. The lowest BCUT2D eigenvalue weighted by Crippen LogP contribution is -2.32. The van der Waals surface area contributed by atoms with Gasteiger partial charge in [0.25, 0.3) is 0 Å². The van der Waals surface area contributed by atoms with Crippen LogP contribution in [0.25, 0.3) is 22.6 Å². The van der Waals surface area contributed by atoms with Crippen LogP contribution in [0.15, 0.2) is 54.9 Å². The predicted octanol–water partition coefficient (Wildman–Crippen LogP) is 2.33. The van der Waals surface area contributed by atoms with E-state index in [1.54, 1.807) is 36.9 Å². The lowest BCUT2D eigenvalue weighted by atomic mass is 10.2. The molecular weight excluding hydrogens is 424 g/mol. The van der Waals surface area contributed by atoms with Gasteiger partial charge < -0.3 is 25.4 Å². The quantitative estimate of drug-likeness (QED) is 0.350. The standard InChI is InChI=1S/C23H26N6O4/c1-14(31)18(12-30)33-15(2)29-20(17-9-6-10-25-11-17)26-19-21(29)27-23(24)28-22(19)32-13-16-7-4-3-5-8-16/h3-11,14-15,18,30-31H,12-13H2,1-2H3,(H2,24,27,28). The highest BCUT2D eigenvalue weighted by atomic mass is 16.5. The van der Waals surface area contributed by atoms with Gasteiger partial charge >= 0.3 is 0 Å². The number of pyridine rings is 1. The summed E-state index contributed by atoms with van der Waals surface area (Å²) in [6.07, 6.45) is 1.00. The number of rotatable bonds is 9. The molecule has 3 heterocycles. The maximum atomic E-state index is 9.94. The van der Waals surface area contributed by atoms with Crippen LogP contribution in [0.4, 0.5) is 5.95 Å². The number of nitrogen functional groups attached to an aromatic ring is 1. The van der Waals surface area contributed by atoms with Crippen LogP contribution < -0.4 is 10.5 Å². The number of benzene rings is 1. The van der Waals surface area contributed by atoms with Gasteiger partial charge in [0.1, 0.15) is 24.8 Å². The zero-order chi connectivity index (χ0) is 23.4. The Morgan fingerprint density at radius 3 is 2.52 bits per heavy atom. The molecule has 172 valence electrons. The van der Waals surface area contributed by atoms with E-state index < -0.39 is 18.4 Å². The highest BCUT2D eigenvalue weighted by Gasteiger charge is 2.26. The molecule has 0 aliphatic heterocycles. The Balaban J connectivity index is 1.81. The van der Waals surface area contributed by atoms with E-state index in [-0.39, 0.29) is 25.0 Å². The summed E-state index contributed by atoms with van der Waals surface area (Å²) in [5.74, 6) is 0.773. The van der Waals surface area contributed by atoms with Gasteiger partial charge in [0.15, 0.2) is 11.2 Å². The van der Waals surface area contributed by atoms with Crippen molar-refractivity contribution in [3.05, 3.63) is 60.4 Å². The van der Waals surface area contributed by atoms with Crippen LogP contribution in [-0.4, -0.2) is 53.5 Å². The number of hydrogen-bond acceptors (Lipinski definition) is 9. The second-order valence-electron chi connectivity index (χ2n) is 7.58. The third kappa shape index (κ3) is 4.92. The number of aliphatic hydroxyl groups excluding tert-OH is 2. The molecule has 3 unspecified atom stereocenters. The lowest BCUT2D eigenvalue weighted by molar-refractivity contribution is -0.110. The Morgan fingerprint density at radius 1 is 1.06 bits per heavy atom. The van der Waals surface area contributed by atoms with Crippen molar-refractivity contribution in [2.45, 2.75) is 38.9 Å². The van der Waals surface area contributed by atoms with Gasteiger partial charge in [-0.2, -0.15) is 9.97 Å². The van der Waals surface area contributed by atoms with Crippen LogP contribution in [-0.2, 0) is 11.3 Å². The molecule has 0 saturated heterocycles. The number of nitrogens with two attached hydrogens (primary N) is 1. The van der Waals surface area contributed by atoms with Crippen molar-refractivity contribution in [1.82, 2.24) is 24.5 Å². The van der Waals surface area contributed by atoms with Crippen molar-refractivity contribution in [2.75, 3.05) is 12.3 Å². The molecule has 3 aromatic heterocycles. The molecule has 10 nitrogen and oxygen atoms in total. The first-order valence-corrected chi connectivity index (χ1v) is 10.5. The highest BCUT2D eigenvalue weighted by molar-refractivity contribution is 5.82. The van der Waals surface area contributed by atoms with E-state index in [1.807, 2.05) is 36.4 Å². The Kier molecular flexibility index (Phi) is 6.78. The first-order chi connectivity index (χ1) is 16.0. The zero-order valence-electron chi connectivity index (χ0n) is 18.4. The van der Waals surface area contributed by atoms with E-state index in [2.05, 4.69) is 15.0 Å². The topological polar surface area (TPSA) is 141 Å². The fraction of sp³-hybridized carbons (Fsp3) is 0.304. The molecule has 1 aromatic carbocycles. The molecule has 3 atom stereocenters. The molecule has 0 aliphatic carbocycles. The molecule has 0 radical (unpaired) electrons. The molecular formula is C23H26N6O4. The van der Waals surface area contributed by atoms with Gasteiger partial charge in [0.05, 0.1) is 12.7 Å². The van der Waals surface area contributed by atoms with E-state index in [0.29, 0.717) is 17.0 Å². The molecule has 4 rings (SSSR count). The Hall–Kier alpha value is -3.60. The van der Waals surface area contributed by atoms with Gasteiger partial charge in [-0.3, -0.25) is 9.55 Å². The number of nitrogens with zero attached hydrogens (tertiary/aromatic N) is 5. The molecule has 33 heavy (non-hydrogen) atoms. The Labute approximate surface area is 190 Å². The first kappa shape index (κ1) is 22.6. The minimum atomic E-state index is -0.876. The summed E-state index contributed by atoms with van der Waals surface area (Å²) in [5.41, 5.74) is 8.51. The van der Waals surface area contributed by atoms with Gasteiger partial charge in [0, 0.05) is 18.0 Å². The summed E-state index contributed by atoms with van der Waals surface area (Å²) in [6, 6.07) is 13.3. The number of anilines is 1. The zero-order valence-corrected chi connectivity index (χ0v) is 18.4. The molecule has 10 heteroatoms. The van der Waals surface area contributed by atoms with Crippen LogP contribution in [0.1, 0.15) is 25.6 Å². The molecule has 0 aliphatic rings. The summed E-state index contributed by atoms with van der Waals surface area (Å²) in [7, 11) is 0. The van der Waals surface area contributed by atoms with Crippen molar-refractivity contribution >= 4 is 17.1 Å². The lowest BCUT2D eigenvalue weighted by Gasteiger charge is -2.25. The molecule has 0 bridgehead atoms. The average molecular weight is 450 g/mol. The SMILES string of the molecule is CC(O)C(CO)OC(C)n1c(-c2cccnc2)nc2c(OCc3ccccc3)nc(N)nc21. The molecule has 0 fully saturated rings. The second-order valence-corrected chi connectivity index (χ2v) is 7.58. The summed E-state index contributed by atoms with van der Waals surface area (Å²) >= 11 is 0. The maximum absolute atomic E-state index is 9.94. The van der Waals surface area contributed by atoms with Crippen molar-refractivity contribution < 1.29 is 19.7 Å². The van der Waals surface area contributed by atoms with E-state index in [0.717, 1.165) is 11.1 Å². The van der Waals surface area contributed by atoms with E-state index >= 15 is 0 Å². The summed E-state index contributed by atoms with van der Waals surface area (Å²) < 4.78 is 13.6. The number of hydrogen-bond donors (Lipinski definition) is 3. The molecule has 0 saturated carbocycles. The van der Waals surface area contributed by atoms with Gasteiger partial charge in [0.2, 0.25) is 11.8 Å².